The van der Waals surface area contributed by atoms with Crippen LogP contribution in [0.25, 0.3) is 5.52 Å². The van der Waals surface area contributed by atoms with Gasteiger partial charge in [-0.1, -0.05) is 11.6 Å². The third-order valence-electron chi connectivity index (χ3n) is 4.41. The molecule has 1 amide bonds. The van der Waals surface area contributed by atoms with Crippen molar-refractivity contribution in [3.05, 3.63) is 38.3 Å². The minimum absolute atomic E-state index is 0.0525. The van der Waals surface area contributed by atoms with E-state index in [1.54, 1.807) is 16.6 Å². The van der Waals surface area contributed by atoms with Crippen molar-refractivity contribution >= 4 is 61.8 Å². The molecule has 0 aliphatic carbocycles. The molecule has 0 radical (unpaired) electrons. The maximum atomic E-state index is 12.4. The van der Waals surface area contributed by atoms with Crippen LogP contribution in [-0.2, 0) is 0 Å². The van der Waals surface area contributed by atoms with Crippen LogP contribution >= 0.6 is 38.9 Å². The molecule has 1 aliphatic heterocycles. The zero-order valence-electron chi connectivity index (χ0n) is 13.7. The number of hydrogen-bond acceptors (Lipinski definition) is 6. The summed E-state index contributed by atoms with van der Waals surface area (Å²) in [4.78, 5) is 19.4. The maximum absolute atomic E-state index is 12.4. The van der Waals surface area contributed by atoms with Gasteiger partial charge in [-0.3, -0.25) is 4.79 Å². The van der Waals surface area contributed by atoms with Gasteiger partial charge in [-0.05, 0) is 47.0 Å². The fourth-order valence-corrected chi connectivity index (χ4v) is 4.69. The van der Waals surface area contributed by atoms with Gasteiger partial charge in [0.1, 0.15) is 16.4 Å². The normalized spacial score (nSPS) is 17.6. The zero-order valence-corrected chi connectivity index (χ0v) is 16.8. The number of carbonyl (C=O) groups excluding carboxylic acids is 1. The molecule has 3 aromatic heterocycles. The van der Waals surface area contributed by atoms with E-state index in [9.17, 15) is 4.79 Å². The van der Waals surface area contributed by atoms with Crippen LogP contribution in [0.4, 0.5) is 11.5 Å². The molecule has 136 valence electrons. The molecular formula is C16H16BrClN6OS. The summed E-state index contributed by atoms with van der Waals surface area (Å²) in [6, 6.07) is 5.53. The van der Waals surface area contributed by atoms with E-state index >= 15 is 0 Å². The molecule has 3 N–H and O–H groups in total. The molecule has 0 aromatic carbocycles. The first-order valence-electron chi connectivity index (χ1n) is 8.12. The third kappa shape index (κ3) is 3.26. The molecule has 4 heterocycles. The lowest BCUT2D eigenvalue weighted by molar-refractivity contribution is 0.0937. The molecule has 0 bridgehead atoms. The molecule has 7 nitrogen and oxygen atoms in total. The highest BCUT2D eigenvalue weighted by Gasteiger charge is 2.26. The molecule has 1 fully saturated rings. The number of piperidine rings is 1. The largest absolute Gasteiger partial charge is 0.382 e. The van der Waals surface area contributed by atoms with Gasteiger partial charge in [0.25, 0.3) is 5.91 Å². The van der Waals surface area contributed by atoms with E-state index in [2.05, 4.69) is 36.2 Å². The number of rotatable bonds is 3. The number of nitrogen functional groups attached to an aromatic ring is 1. The fourth-order valence-electron chi connectivity index (χ4n) is 3.26. The standard InChI is InChI=1S/C16H16BrClN6OS/c17-12-6-10(14-15(19)20-8-21-24(12)14)23-5-1-2-9(7-23)22-16(25)11-3-4-13(18)26-11/h3-4,6,8-9H,1-2,5,7H2,(H,22,25)(H2,19,20,21)/t9-/m1/s1. The number of nitrogens with two attached hydrogens (primary N) is 1. The molecule has 0 unspecified atom stereocenters. The van der Waals surface area contributed by atoms with Gasteiger partial charge in [-0.25, -0.2) is 9.50 Å². The van der Waals surface area contributed by atoms with Gasteiger partial charge in [0, 0.05) is 19.1 Å². The first kappa shape index (κ1) is 17.6. The van der Waals surface area contributed by atoms with Crippen molar-refractivity contribution in [1.82, 2.24) is 19.9 Å². The van der Waals surface area contributed by atoms with Crippen LogP contribution in [-0.4, -0.2) is 39.6 Å². The summed E-state index contributed by atoms with van der Waals surface area (Å²) in [6.45, 7) is 1.59. The summed E-state index contributed by atoms with van der Waals surface area (Å²) < 4.78 is 3.16. The quantitative estimate of drug-likeness (QED) is 0.633. The predicted octanol–water partition coefficient (Wildman–Crippen LogP) is 3.19. The molecule has 4 rings (SSSR count). The van der Waals surface area contributed by atoms with Crippen LogP contribution in [0.3, 0.4) is 0 Å². The van der Waals surface area contributed by atoms with Gasteiger partial charge in [0.05, 0.1) is 14.9 Å². The predicted molar refractivity (Wildman–Crippen MR) is 107 cm³/mol. The minimum atomic E-state index is -0.0838. The zero-order chi connectivity index (χ0) is 18.3. The Kier molecular flexibility index (Phi) is 4.76. The summed E-state index contributed by atoms with van der Waals surface area (Å²) in [7, 11) is 0. The highest BCUT2D eigenvalue weighted by Crippen LogP contribution is 2.33. The fraction of sp³-hybridized carbons (Fsp3) is 0.312. The van der Waals surface area contributed by atoms with E-state index < -0.39 is 0 Å². The van der Waals surface area contributed by atoms with Gasteiger partial charge in [0.15, 0.2) is 5.82 Å². The number of carbonyl (C=O) groups is 1. The number of nitrogens with one attached hydrogen (secondary N) is 1. The average Bonchev–Trinajstić information content (AvgIpc) is 3.20. The number of thiophene rings is 1. The third-order valence-corrected chi connectivity index (χ3v) is 6.21. The minimum Gasteiger partial charge on any atom is -0.382 e. The number of nitrogens with zero attached hydrogens (tertiary/aromatic N) is 4. The number of fused-ring (bicyclic) bond motifs is 1. The van der Waals surface area contributed by atoms with Gasteiger partial charge >= 0.3 is 0 Å². The molecule has 0 saturated carbocycles. The van der Waals surface area contributed by atoms with Gasteiger partial charge < -0.3 is 16.0 Å². The smallest absolute Gasteiger partial charge is 0.261 e. The number of amides is 1. The van der Waals surface area contributed by atoms with E-state index in [4.69, 9.17) is 17.3 Å². The average molecular weight is 456 g/mol. The topological polar surface area (TPSA) is 88.5 Å². The maximum Gasteiger partial charge on any atom is 0.261 e. The summed E-state index contributed by atoms with van der Waals surface area (Å²) in [5.41, 5.74) is 7.81. The first-order chi connectivity index (χ1) is 12.5. The second kappa shape index (κ2) is 7.05. The first-order valence-corrected chi connectivity index (χ1v) is 10.1. The van der Waals surface area contributed by atoms with E-state index in [1.165, 1.54) is 17.7 Å². The SMILES string of the molecule is Nc1ncnn2c(Br)cc(N3CCC[C@@H](NC(=O)c4ccc(Cl)s4)C3)c12. The summed E-state index contributed by atoms with van der Waals surface area (Å²) in [6.07, 6.45) is 3.33. The molecule has 1 atom stereocenters. The molecule has 3 aromatic rings. The van der Waals surface area contributed by atoms with Crippen molar-refractivity contribution in [3.63, 3.8) is 0 Å². The molecule has 26 heavy (non-hydrogen) atoms. The van der Waals surface area contributed by atoms with Crippen molar-refractivity contribution in [2.24, 2.45) is 0 Å². The second-order valence-electron chi connectivity index (χ2n) is 6.12. The van der Waals surface area contributed by atoms with Crippen LogP contribution in [0.1, 0.15) is 22.5 Å². The molecule has 1 saturated heterocycles. The van der Waals surface area contributed by atoms with Crippen LogP contribution in [0.2, 0.25) is 4.34 Å². The van der Waals surface area contributed by atoms with E-state index in [-0.39, 0.29) is 11.9 Å². The lowest BCUT2D eigenvalue weighted by Crippen LogP contribution is -2.47. The molecule has 10 heteroatoms. The Morgan fingerprint density at radius 2 is 2.31 bits per heavy atom. The Morgan fingerprint density at radius 3 is 3.08 bits per heavy atom. The van der Waals surface area contributed by atoms with E-state index in [0.29, 0.717) is 21.6 Å². The monoisotopic (exact) mass is 454 g/mol. The van der Waals surface area contributed by atoms with Crippen molar-refractivity contribution < 1.29 is 4.79 Å². The Labute approximate surface area is 167 Å². The van der Waals surface area contributed by atoms with E-state index in [1.807, 2.05) is 6.07 Å². The Balaban J connectivity index is 1.55. The summed E-state index contributed by atoms with van der Waals surface area (Å²) >= 11 is 10.7. The molecule has 0 spiro atoms. The summed E-state index contributed by atoms with van der Waals surface area (Å²) in [5, 5.41) is 7.35. The van der Waals surface area contributed by atoms with Crippen molar-refractivity contribution in [2.45, 2.75) is 18.9 Å². The lowest BCUT2D eigenvalue weighted by atomic mass is 10.0. The lowest BCUT2D eigenvalue weighted by Gasteiger charge is -2.34. The van der Waals surface area contributed by atoms with Gasteiger partial charge in [-0.2, -0.15) is 5.10 Å². The van der Waals surface area contributed by atoms with Crippen LogP contribution in [0.15, 0.2) is 29.1 Å². The number of hydrogen-bond donors (Lipinski definition) is 2. The van der Waals surface area contributed by atoms with Crippen molar-refractivity contribution in [1.29, 1.82) is 0 Å². The molecular weight excluding hydrogens is 440 g/mol. The van der Waals surface area contributed by atoms with Crippen LogP contribution in [0, 0.1) is 0 Å². The second-order valence-corrected chi connectivity index (χ2v) is 8.65. The number of aromatic nitrogens is 3. The van der Waals surface area contributed by atoms with E-state index in [0.717, 1.165) is 35.2 Å². The summed E-state index contributed by atoms with van der Waals surface area (Å²) in [5.74, 6) is 0.347. The Hall–Kier alpha value is -1.84. The van der Waals surface area contributed by atoms with Gasteiger partial charge in [0.2, 0.25) is 0 Å². The number of anilines is 2. The van der Waals surface area contributed by atoms with Gasteiger partial charge in [-0.15, -0.1) is 11.3 Å². The highest BCUT2D eigenvalue weighted by atomic mass is 79.9. The molecule has 1 aliphatic rings. The highest BCUT2D eigenvalue weighted by molar-refractivity contribution is 9.10. The Morgan fingerprint density at radius 1 is 1.46 bits per heavy atom. The Bertz CT molecular complexity index is 973. The van der Waals surface area contributed by atoms with Crippen LogP contribution < -0.4 is 16.0 Å². The number of halogens is 2. The van der Waals surface area contributed by atoms with Crippen LogP contribution in [0.5, 0.6) is 0 Å². The van der Waals surface area contributed by atoms with Crippen molar-refractivity contribution in [3.8, 4) is 0 Å². The van der Waals surface area contributed by atoms with Crippen molar-refractivity contribution in [2.75, 3.05) is 23.7 Å².